The van der Waals surface area contributed by atoms with Crippen LogP contribution in [0.5, 0.6) is 0 Å². The van der Waals surface area contributed by atoms with Crippen LogP contribution in [0, 0.1) is 6.92 Å². The SMILES string of the molecule is COC(C)(C)Cn1nnnc1-c1cccc(C)c1N. The van der Waals surface area contributed by atoms with Crippen molar-refractivity contribution < 1.29 is 4.74 Å². The van der Waals surface area contributed by atoms with E-state index in [0.29, 0.717) is 18.1 Å². The lowest BCUT2D eigenvalue weighted by atomic mass is 10.1. The first-order chi connectivity index (χ1) is 8.94. The summed E-state index contributed by atoms with van der Waals surface area (Å²) in [6.07, 6.45) is 0. The summed E-state index contributed by atoms with van der Waals surface area (Å²) in [6.45, 7) is 6.49. The normalized spacial score (nSPS) is 11.8. The van der Waals surface area contributed by atoms with Gasteiger partial charge in [0.2, 0.25) is 0 Å². The lowest BCUT2D eigenvalue weighted by Crippen LogP contribution is -2.30. The predicted molar refractivity (Wildman–Crippen MR) is 73.5 cm³/mol. The van der Waals surface area contributed by atoms with Gasteiger partial charge in [0, 0.05) is 18.4 Å². The van der Waals surface area contributed by atoms with E-state index in [1.165, 1.54) is 0 Å². The molecule has 0 aliphatic carbocycles. The summed E-state index contributed by atoms with van der Waals surface area (Å²) in [5.41, 5.74) is 8.31. The molecule has 6 heteroatoms. The van der Waals surface area contributed by atoms with Gasteiger partial charge in [-0.15, -0.1) is 5.10 Å². The van der Waals surface area contributed by atoms with E-state index in [-0.39, 0.29) is 5.60 Å². The van der Waals surface area contributed by atoms with Crippen molar-refractivity contribution in [3.63, 3.8) is 0 Å². The monoisotopic (exact) mass is 261 g/mol. The van der Waals surface area contributed by atoms with E-state index in [1.54, 1.807) is 11.8 Å². The minimum absolute atomic E-state index is 0.345. The maximum Gasteiger partial charge on any atom is 0.184 e. The Balaban J connectivity index is 2.42. The van der Waals surface area contributed by atoms with Crippen LogP contribution in [0.4, 0.5) is 5.69 Å². The van der Waals surface area contributed by atoms with Gasteiger partial charge in [-0.3, -0.25) is 0 Å². The van der Waals surface area contributed by atoms with Gasteiger partial charge in [0.1, 0.15) is 0 Å². The van der Waals surface area contributed by atoms with Crippen LogP contribution in [0.3, 0.4) is 0 Å². The Labute approximate surface area is 112 Å². The smallest absolute Gasteiger partial charge is 0.184 e. The highest BCUT2D eigenvalue weighted by Crippen LogP contribution is 2.26. The summed E-state index contributed by atoms with van der Waals surface area (Å²) in [6, 6.07) is 5.83. The predicted octanol–water partition coefficient (Wildman–Crippen LogP) is 1.66. The highest BCUT2D eigenvalue weighted by Gasteiger charge is 2.21. The molecule has 6 nitrogen and oxygen atoms in total. The number of para-hydroxylation sites is 1. The van der Waals surface area contributed by atoms with Gasteiger partial charge in [-0.05, 0) is 42.8 Å². The average molecular weight is 261 g/mol. The molecular weight excluding hydrogens is 242 g/mol. The van der Waals surface area contributed by atoms with Crippen LogP contribution in [0.25, 0.3) is 11.4 Å². The van der Waals surface area contributed by atoms with E-state index in [9.17, 15) is 0 Å². The summed E-state index contributed by atoms with van der Waals surface area (Å²) in [5, 5.41) is 11.8. The molecule has 0 spiro atoms. The molecule has 0 radical (unpaired) electrons. The number of aromatic nitrogens is 4. The largest absolute Gasteiger partial charge is 0.398 e. The second-order valence-corrected chi connectivity index (χ2v) is 5.16. The van der Waals surface area contributed by atoms with Crippen LogP contribution in [0.2, 0.25) is 0 Å². The van der Waals surface area contributed by atoms with Gasteiger partial charge in [0.15, 0.2) is 5.82 Å². The first kappa shape index (κ1) is 13.5. The summed E-state index contributed by atoms with van der Waals surface area (Å²) in [4.78, 5) is 0. The standard InChI is InChI=1S/C13H19N5O/c1-9-6-5-7-10(11(9)14)12-15-16-17-18(12)8-13(2,3)19-4/h5-7H,8,14H2,1-4H3. The maximum atomic E-state index is 6.10. The van der Waals surface area contributed by atoms with Crippen molar-refractivity contribution >= 4 is 5.69 Å². The number of aryl methyl sites for hydroxylation is 1. The van der Waals surface area contributed by atoms with Crippen molar-refractivity contribution in [2.75, 3.05) is 12.8 Å². The molecule has 0 saturated carbocycles. The first-order valence-electron chi connectivity index (χ1n) is 6.11. The van der Waals surface area contributed by atoms with Gasteiger partial charge in [-0.1, -0.05) is 12.1 Å². The van der Waals surface area contributed by atoms with Crippen LogP contribution in [-0.4, -0.2) is 32.9 Å². The zero-order valence-electron chi connectivity index (χ0n) is 11.7. The van der Waals surface area contributed by atoms with Crippen molar-refractivity contribution in [2.45, 2.75) is 32.9 Å². The number of methoxy groups -OCH3 is 1. The van der Waals surface area contributed by atoms with E-state index in [4.69, 9.17) is 10.5 Å². The molecular formula is C13H19N5O. The summed E-state index contributed by atoms with van der Waals surface area (Å²) >= 11 is 0. The van der Waals surface area contributed by atoms with Crippen molar-refractivity contribution in [2.24, 2.45) is 0 Å². The molecule has 1 aromatic heterocycles. The molecule has 0 atom stereocenters. The number of hydrogen-bond donors (Lipinski definition) is 1. The highest BCUT2D eigenvalue weighted by atomic mass is 16.5. The van der Waals surface area contributed by atoms with Crippen LogP contribution in [-0.2, 0) is 11.3 Å². The molecule has 0 aliphatic heterocycles. The van der Waals surface area contributed by atoms with Crippen LogP contribution < -0.4 is 5.73 Å². The van der Waals surface area contributed by atoms with Crippen molar-refractivity contribution in [3.05, 3.63) is 23.8 Å². The number of ether oxygens (including phenoxy) is 1. The lowest BCUT2D eigenvalue weighted by molar-refractivity contribution is 0.00539. The highest BCUT2D eigenvalue weighted by molar-refractivity contribution is 5.73. The second-order valence-electron chi connectivity index (χ2n) is 5.16. The number of hydrogen-bond acceptors (Lipinski definition) is 5. The summed E-state index contributed by atoms with van der Waals surface area (Å²) in [5.74, 6) is 0.659. The fourth-order valence-corrected chi connectivity index (χ4v) is 1.80. The van der Waals surface area contributed by atoms with Crippen molar-refractivity contribution in [3.8, 4) is 11.4 Å². The van der Waals surface area contributed by atoms with E-state index < -0.39 is 0 Å². The second kappa shape index (κ2) is 4.97. The molecule has 2 N–H and O–H groups in total. The van der Waals surface area contributed by atoms with Gasteiger partial charge in [-0.2, -0.15) is 0 Å². The first-order valence-corrected chi connectivity index (χ1v) is 6.11. The Morgan fingerprint density at radius 1 is 1.37 bits per heavy atom. The third-order valence-corrected chi connectivity index (χ3v) is 3.18. The van der Waals surface area contributed by atoms with Gasteiger partial charge in [0.05, 0.1) is 12.1 Å². The van der Waals surface area contributed by atoms with Gasteiger partial charge in [0.25, 0.3) is 0 Å². The third kappa shape index (κ3) is 2.73. The Bertz CT molecular complexity index is 576. The minimum Gasteiger partial charge on any atom is -0.398 e. The van der Waals surface area contributed by atoms with Crippen LogP contribution in [0.1, 0.15) is 19.4 Å². The molecule has 1 heterocycles. The third-order valence-electron chi connectivity index (χ3n) is 3.18. The van der Waals surface area contributed by atoms with E-state index in [2.05, 4.69) is 15.5 Å². The van der Waals surface area contributed by atoms with Gasteiger partial charge in [-0.25, -0.2) is 4.68 Å². The number of nitrogens with zero attached hydrogens (tertiary/aromatic N) is 4. The molecule has 0 amide bonds. The molecule has 2 rings (SSSR count). The van der Waals surface area contributed by atoms with E-state index in [0.717, 1.165) is 11.1 Å². The molecule has 2 aromatic rings. The Morgan fingerprint density at radius 3 is 2.79 bits per heavy atom. The average Bonchev–Trinajstić information content (AvgIpc) is 2.80. The quantitative estimate of drug-likeness (QED) is 0.847. The lowest BCUT2D eigenvalue weighted by Gasteiger charge is -2.22. The summed E-state index contributed by atoms with van der Waals surface area (Å²) < 4.78 is 7.13. The van der Waals surface area contributed by atoms with Crippen molar-refractivity contribution in [1.82, 2.24) is 20.2 Å². The number of nitrogens with two attached hydrogens (primary N) is 1. The van der Waals surface area contributed by atoms with Crippen LogP contribution in [0.15, 0.2) is 18.2 Å². The molecule has 19 heavy (non-hydrogen) atoms. The van der Waals surface area contributed by atoms with Crippen molar-refractivity contribution in [1.29, 1.82) is 0 Å². The topological polar surface area (TPSA) is 78.8 Å². The number of tetrazole rings is 1. The zero-order chi connectivity index (χ0) is 14.0. The molecule has 102 valence electrons. The molecule has 0 unspecified atom stereocenters. The molecule has 0 saturated heterocycles. The van der Waals surface area contributed by atoms with Crippen LogP contribution >= 0.6 is 0 Å². The maximum absolute atomic E-state index is 6.10. The molecule has 0 bridgehead atoms. The van der Waals surface area contributed by atoms with Gasteiger partial charge < -0.3 is 10.5 Å². The van der Waals surface area contributed by atoms with Gasteiger partial charge >= 0.3 is 0 Å². The molecule has 1 aromatic carbocycles. The fourth-order valence-electron chi connectivity index (χ4n) is 1.80. The molecule has 0 fully saturated rings. The van der Waals surface area contributed by atoms with E-state index in [1.807, 2.05) is 39.0 Å². The Morgan fingerprint density at radius 2 is 2.11 bits per heavy atom. The van der Waals surface area contributed by atoms with E-state index >= 15 is 0 Å². The Kier molecular flexibility index (Phi) is 3.53. The number of anilines is 1. The Hall–Kier alpha value is -1.95. The minimum atomic E-state index is -0.345. The number of benzene rings is 1. The fraction of sp³-hybridized carbons (Fsp3) is 0.462. The number of nitrogen functional groups attached to an aromatic ring is 1. The number of rotatable bonds is 4. The summed E-state index contributed by atoms with van der Waals surface area (Å²) in [7, 11) is 1.67. The zero-order valence-corrected chi connectivity index (χ0v) is 11.7. The molecule has 0 aliphatic rings.